The molecule has 0 bridgehead atoms. The van der Waals surface area contributed by atoms with Crippen LogP contribution in [-0.4, -0.2) is 56.0 Å². The van der Waals surface area contributed by atoms with E-state index >= 15 is 0 Å². The number of anilines is 1. The minimum atomic E-state index is 0. The van der Waals surface area contributed by atoms with E-state index in [1.54, 1.807) is 0 Å². The van der Waals surface area contributed by atoms with Gasteiger partial charge in [0.25, 0.3) is 0 Å². The average Bonchev–Trinajstić information content (AvgIpc) is 3.26. The molecule has 2 heterocycles. The topological polar surface area (TPSA) is 60.0 Å². The van der Waals surface area contributed by atoms with Crippen LogP contribution in [0.15, 0.2) is 29.3 Å². The van der Waals surface area contributed by atoms with E-state index in [1.807, 2.05) is 11.8 Å². The van der Waals surface area contributed by atoms with E-state index in [2.05, 4.69) is 51.7 Å². The lowest BCUT2D eigenvalue weighted by Gasteiger charge is -2.32. The fourth-order valence-electron chi connectivity index (χ4n) is 3.83. The predicted molar refractivity (Wildman–Crippen MR) is 131 cm³/mol. The highest BCUT2D eigenvalue weighted by Crippen LogP contribution is 2.23. The van der Waals surface area contributed by atoms with Gasteiger partial charge in [-0.05, 0) is 56.2 Å². The zero-order valence-corrected chi connectivity index (χ0v) is 20.2. The first-order valence-electron chi connectivity index (χ1n) is 10.8. The second-order valence-electron chi connectivity index (χ2n) is 7.97. The Kier molecular flexibility index (Phi) is 10.0. The molecule has 2 fully saturated rings. The smallest absolute Gasteiger partial charge is 0.241 e. The summed E-state index contributed by atoms with van der Waals surface area (Å²) in [5.41, 5.74) is 2.48. The Balaban J connectivity index is 0.00000300. The number of piperidine rings is 1. The molecule has 0 saturated carbocycles. The highest BCUT2D eigenvalue weighted by molar-refractivity contribution is 14.0. The van der Waals surface area contributed by atoms with Gasteiger partial charge in [0.15, 0.2) is 5.96 Å². The summed E-state index contributed by atoms with van der Waals surface area (Å²) in [5, 5.41) is 6.40. The number of carbonyl (C=O) groups is 1. The number of rotatable bonds is 6. The summed E-state index contributed by atoms with van der Waals surface area (Å²) in [5.74, 6) is 1.70. The standard InChI is InChI=1S/C22H35N5O.HI/c1-3-23-22(25-17-21(28)27-12-4-5-13-27)24-16-19-6-8-20(9-7-19)26-14-10-18(2)11-15-26;/h6-9,18H,3-5,10-17H2,1-2H3,(H2,23,24,25);1H. The zero-order chi connectivity index (χ0) is 19.8. The molecule has 7 heteroatoms. The fourth-order valence-corrected chi connectivity index (χ4v) is 3.83. The molecular weight excluding hydrogens is 477 g/mol. The van der Waals surface area contributed by atoms with E-state index in [0.717, 1.165) is 51.5 Å². The van der Waals surface area contributed by atoms with Gasteiger partial charge in [-0.3, -0.25) is 4.79 Å². The van der Waals surface area contributed by atoms with Crippen molar-refractivity contribution in [2.24, 2.45) is 10.9 Å². The molecule has 2 saturated heterocycles. The molecule has 0 atom stereocenters. The van der Waals surface area contributed by atoms with Crippen molar-refractivity contribution in [2.75, 3.05) is 44.2 Å². The van der Waals surface area contributed by atoms with Crippen LogP contribution < -0.4 is 15.5 Å². The number of hydrogen-bond donors (Lipinski definition) is 2. The SMILES string of the molecule is CCNC(=NCc1ccc(N2CCC(C)CC2)cc1)NCC(=O)N1CCCC1.I. The molecule has 0 unspecified atom stereocenters. The molecule has 2 N–H and O–H groups in total. The van der Waals surface area contributed by atoms with Crippen molar-refractivity contribution in [1.29, 1.82) is 0 Å². The van der Waals surface area contributed by atoms with Crippen LogP contribution in [0.2, 0.25) is 0 Å². The number of likely N-dealkylation sites (tertiary alicyclic amines) is 1. The van der Waals surface area contributed by atoms with Crippen LogP contribution in [0, 0.1) is 5.92 Å². The van der Waals surface area contributed by atoms with Gasteiger partial charge in [-0.1, -0.05) is 19.1 Å². The largest absolute Gasteiger partial charge is 0.372 e. The van der Waals surface area contributed by atoms with Gasteiger partial charge in [-0.2, -0.15) is 0 Å². The molecule has 3 rings (SSSR count). The number of aliphatic imine (C=N–C) groups is 1. The van der Waals surface area contributed by atoms with E-state index in [0.29, 0.717) is 19.0 Å². The highest BCUT2D eigenvalue weighted by Gasteiger charge is 2.18. The number of carbonyl (C=O) groups excluding carboxylic acids is 1. The van der Waals surface area contributed by atoms with Crippen LogP contribution in [0.4, 0.5) is 5.69 Å². The van der Waals surface area contributed by atoms with Gasteiger partial charge in [-0.15, -0.1) is 24.0 Å². The number of guanidine groups is 1. The van der Waals surface area contributed by atoms with E-state index in [-0.39, 0.29) is 29.9 Å². The van der Waals surface area contributed by atoms with Crippen molar-refractivity contribution in [3.8, 4) is 0 Å². The number of benzene rings is 1. The first-order valence-corrected chi connectivity index (χ1v) is 10.8. The normalized spacial score (nSPS) is 17.8. The molecule has 1 aromatic rings. The summed E-state index contributed by atoms with van der Waals surface area (Å²) in [6.45, 7) is 10.1. The third-order valence-electron chi connectivity index (χ3n) is 5.71. The summed E-state index contributed by atoms with van der Waals surface area (Å²) >= 11 is 0. The summed E-state index contributed by atoms with van der Waals surface area (Å²) in [7, 11) is 0. The minimum Gasteiger partial charge on any atom is -0.372 e. The van der Waals surface area contributed by atoms with Crippen LogP contribution in [-0.2, 0) is 11.3 Å². The van der Waals surface area contributed by atoms with Gasteiger partial charge < -0.3 is 20.4 Å². The van der Waals surface area contributed by atoms with Gasteiger partial charge in [0.2, 0.25) is 5.91 Å². The number of hydrogen-bond acceptors (Lipinski definition) is 3. The van der Waals surface area contributed by atoms with Crippen molar-refractivity contribution in [3.63, 3.8) is 0 Å². The highest BCUT2D eigenvalue weighted by atomic mass is 127. The van der Waals surface area contributed by atoms with E-state index in [4.69, 9.17) is 0 Å². The first-order chi connectivity index (χ1) is 13.7. The van der Waals surface area contributed by atoms with Crippen molar-refractivity contribution in [1.82, 2.24) is 15.5 Å². The summed E-state index contributed by atoms with van der Waals surface area (Å²) in [4.78, 5) is 21.3. The van der Waals surface area contributed by atoms with Crippen molar-refractivity contribution in [3.05, 3.63) is 29.8 Å². The first kappa shape index (κ1) is 23.8. The lowest BCUT2D eigenvalue weighted by molar-refractivity contribution is -0.128. The Morgan fingerprint density at radius 3 is 2.34 bits per heavy atom. The van der Waals surface area contributed by atoms with Gasteiger partial charge >= 0.3 is 0 Å². The summed E-state index contributed by atoms with van der Waals surface area (Å²) in [6, 6.07) is 8.74. The van der Waals surface area contributed by atoms with E-state index in [1.165, 1.54) is 24.1 Å². The Morgan fingerprint density at radius 2 is 1.72 bits per heavy atom. The lowest BCUT2D eigenvalue weighted by atomic mass is 9.99. The Hall–Kier alpha value is -1.51. The van der Waals surface area contributed by atoms with Crippen LogP contribution in [0.3, 0.4) is 0 Å². The molecule has 2 aliphatic heterocycles. The molecular formula is C22H36IN5O. The van der Waals surface area contributed by atoms with Gasteiger partial charge in [0, 0.05) is 38.4 Å². The summed E-state index contributed by atoms with van der Waals surface area (Å²) < 4.78 is 0. The Bertz CT molecular complexity index is 650. The number of nitrogens with zero attached hydrogens (tertiary/aromatic N) is 3. The molecule has 0 radical (unpaired) electrons. The second-order valence-corrected chi connectivity index (χ2v) is 7.97. The van der Waals surface area contributed by atoms with Gasteiger partial charge in [-0.25, -0.2) is 4.99 Å². The molecule has 29 heavy (non-hydrogen) atoms. The maximum absolute atomic E-state index is 12.2. The monoisotopic (exact) mass is 513 g/mol. The van der Waals surface area contributed by atoms with Gasteiger partial charge in [0.1, 0.15) is 0 Å². The van der Waals surface area contributed by atoms with Crippen LogP contribution in [0.25, 0.3) is 0 Å². The molecule has 0 aromatic heterocycles. The third kappa shape index (κ3) is 7.35. The zero-order valence-electron chi connectivity index (χ0n) is 17.8. The minimum absolute atomic E-state index is 0. The molecule has 0 spiro atoms. The average molecular weight is 513 g/mol. The maximum atomic E-state index is 12.2. The number of amides is 1. The molecule has 0 aliphatic carbocycles. The van der Waals surface area contributed by atoms with Crippen LogP contribution >= 0.6 is 24.0 Å². The second kappa shape index (κ2) is 12.2. The van der Waals surface area contributed by atoms with Crippen molar-refractivity contribution >= 4 is 41.5 Å². The summed E-state index contributed by atoms with van der Waals surface area (Å²) in [6.07, 6.45) is 4.79. The maximum Gasteiger partial charge on any atom is 0.241 e. The van der Waals surface area contributed by atoms with Gasteiger partial charge in [0.05, 0.1) is 13.1 Å². The van der Waals surface area contributed by atoms with Crippen LogP contribution in [0.1, 0.15) is 45.1 Å². The quantitative estimate of drug-likeness (QED) is 0.349. The number of nitrogens with one attached hydrogen (secondary N) is 2. The molecule has 6 nitrogen and oxygen atoms in total. The third-order valence-corrected chi connectivity index (χ3v) is 5.71. The fraction of sp³-hybridized carbons (Fsp3) is 0.636. The molecule has 1 amide bonds. The van der Waals surface area contributed by atoms with E-state index < -0.39 is 0 Å². The van der Waals surface area contributed by atoms with Crippen LogP contribution in [0.5, 0.6) is 0 Å². The Morgan fingerprint density at radius 1 is 1.07 bits per heavy atom. The molecule has 162 valence electrons. The van der Waals surface area contributed by atoms with E-state index in [9.17, 15) is 4.79 Å². The van der Waals surface area contributed by atoms with Crippen molar-refractivity contribution < 1.29 is 4.79 Å². The number of halogens is 1. The molecule has 1 aromatic carbocycles. The predicted octanol–water partition coefficient (Wildman–Crippen LogP) is 3.22. The Labute approximate surface area is 192 Å². The van der Waals surface area contributed by atoms with Crippen molar-refractivity contribution in [2.45, 2.75) is 46.1 Å². The lowest BCUT2D eigenvalue weighted by Crippen LogP contribution is -2.44. The molecule has 2 aliphatic rings.